The highest BCUT2D eigenvalue weighted by atomic mass is 32.2. The second-order valence-corrected chi connectivity index (χ2v) is 10.8. The summed E-state index contributed by atoms with van der Waals surface area (Å²) in [5.74, 6) is -5.48. The maximum absolute atomic E-state index is 13.8. The summed E-state index contributed by atoms with van der Waals surface area (Å²) in [6.07, 6.45) is 5.09. The van der Waals surface area contributed by atoms with Gasteiger partial charge in [-0.05, 0) is 38.4 Å². The lowest BCUT2D eigenvalue weighted by molar-refractivity contribution is -0.137. The minimum Gasteiger partial charge on any atom is -0.335 e. The normalized spacial score (nSPS) is 21.0. The Morgan fingerprint density at radius 3 is 2.31 bits per heavy atom. The number of rotatable bonds is 7. The average molecular weight is 476 g/mol. The monoisotopic (exact) mass is 475 g/mol. The van der Waals surface area contributed by atoms with Gasteiger partial charge in [-0.1, -0.05) is 19.3 Å². The molecule has 1 N–H and O–H groups in total. The number of carbonyl (C=O) groups excluding carboxylic acids is 2. The van der Waals surface area contributed by atoms with E-state index in [1.54, 1.807) is 4.90 Å². The summed E-state index contributed by atoms with van der Waals surface area (Å²) in [7, 11) is -1.64. The van der Waals surface area contributed by atoms with E-state index in [0.717, 1.165) is 38.2 Å². The van der Waals surface area contributed by atoms with Gasteiger partial charge in [0.15, 0.2) is 27.3 Å². The SMILES string of the molecule is CN(CC(=O)Nc1ccc(F)c(F)c1F)CC(=O)N(C1CCCCC1)[C@H]1CCS(=O)(=O)C1. The molecule has 1 aliphatic carbocycles. The van der Waals surface area contributed by atoms with Gasteiger partial charge >= 0.3 is 0 Å². The van der Waals surface area contributed by atoms with Gasteiger partial charge in [-0.25, -0.2) is 21.6 Å². The first-order valence-electron chi connectivity index (χ1n) is 10.7. The van der Waals surface area contributed by atoms with E-state index >= 15 is 0 Å². The molecule has 1 aliphatic heterocycles. The second kappa shape index (κ2) is 10.2. The fraction of sp³-hybridized carbons (Fsp3) is 0.619. The summed E-state index contributed by atoms with van der Waals surface area (Å²) in [4.78, 5) is 28.5. The molecule has 178 valence electrons. The molecule has 1 atom stereocenters. The van der Waals surface area contributed by atoms with Crippen molar-refractivity contribution in [2.24, 2.45) is 0 Å². The van der Waals surface area contributed by atoms with Crippen LogP contribution in [0.4, 0.5) is 18.9 Å². The topological polar surface area (TPSA) is 86.8 Å². The van der Waals surface area contributed by atoms with Gasteiger partial charge in [0.2, 0.25) is 11.8 Å². The molecule has 1 aromatic carbocycles. The fourth-order valence-electron chi connectivity index (χ4n) is 4.49. The van der Waals surface area contributed by atoms with E-state index in [-0.39, 0.29) is 42.6 Å². The molecular formula is C21H28F3N3O4S. The minimum atomic E-state index is -3.17. The van der Waals surface area contributed by atoms with Crippen molar-refractivity contribution in [3.8, 4) is 0 Å². The van der Waals surface area contributed by atoms with Crippen molar-refractivity contribution < 1.29 is 31.2 Å². The molecule has 2 fully saturated rings. The number of hydrogen-bond acceptors (Lipinski definition) is 5. The van der Waals surface area contributed by atoms with Crippen LogP contribution >= 0.6 is 0 Å². The Kier molecular flexibility index (Phi) is 7.81. The number of hydrogen-bond donors (Lipinski definition) is 1. The molecule has 0 bridgehead atoms. The van der Waals surface area contributed by atoms with Crippen LogP contribution in [0.15, 0.2) is 12.1 Å². The quantitative estimate of drug-likeness (QED) is 0.612. The van der Waals surface area contributed by atoms with Gasteiger partial charge in [0.25, 0.3) is 0 Å². The highest BCUT2D eigenvalue weighted by molar-refractivity contribution is 7.91. The Labute approximate surface area is 185 Å². The Hall–Kier alpha value is -2.14. The van der Waals surface area contributed by atoms with Crippen molar-refractivity contribution in [3.05, 3.63) is 29.6 Å². The molecule has 7 nitrogen and oxygen atoms in total. The van der Waals surface area contributed by atoms with Gasteiger partial charge in [-0.3, -0.25) is 14.5 Å². The Morgan fingerprint density at radius 2 is 1.69 bits per heavy atom. The molecule has 1 saturated carbocycles. The molecule has 1 heterocycles. The molecule has 0 spiro atoms. The van der Waals surface area contributed by atoms with Gasteiger partial charge in [-0.2, -0.15) is 0 Å². The number of benzene rings is 1. The van der Waals surface area contributed by atoms with Crippen LogP contribution in [0.5, 0.6) is 0 Å². The molecule has 2 aliphatic rings. The van der Waals surface area contributed by atoms with Gasteiger partial charge in [0.1, 0.15) is 0 Å². The molecule has 3 rings (SSSR count). The lowest BCUT2D eigenvalue weighted by Gasteiger charge is -2.39. The zero-order chi connectivity index (χ0) is 23.5. The molecule has 11 heteroatoms. The highest BCUT2D eigenvalue weighted by Crippen LogP contribution is 2.28. The molecule has 0 radical (unpaired) electrons. The summed E-state index contributed by atoms with van der Waals surface area (Å²) in [6, 6.07) is 1.24. The number of anilines is 1. The number of likely N-dealkylation sites (N-methyl/N-ethyl adjacent to an activating group) is 1. The molecule has 32 heavy (non-hydrogen) atoms. The van der Waals surface area contributed by atoms with Gasteiger partial charge in [0.05, 0.1) is 30.3 Å². The predicted molar refractivity (Wildman–Crippen MR) is 113 cm³/mol. The number of nitrogens with one attached hydrogen (secondary N) is 1. The molecule has 0 aromatic heterocycles. The van der Waals surface area contributed by atoms with E-state index in [9.17, 15) is 31.2 Å². The minimum absolute atomic E-state index is 0.0203. The third-order valence-electron chi connectivity index (χ3n) is 5.99. The van der Waals surface area contributed by atoms with E-state index in [4.69, 9.17) is 0 Å². The third-order valence-corrected chi connectivity index (χ3v) is 7.74. The highest BCUT2D eigenvalue weighted by Gasteiger charge is 2.38. The van der Waals surface area contributed by atoms with Crippen LogP contribution in [0, 0.1) is 17.5 Å². The third kappa shape index (κ3) is 6.00. The van der Waals surface area contributed by atoms with Crippen molar-refractivity contribution in [1.29, 1.82) is 0 Å². The van der Waals surface area contributed by atoms with Gasteiger partial charge in [0, 0.05) is 12.1 Å². The summed E-state index contributed by atoms with van der Waals surface area (Å²) in [5.41, 5.74) is -0.492. The van der Waals surface area contributed by atoms with Crippen molar-refractivity contribution in [2.75, 3.05) is 37.0 Å². The average Bonchev–Trinajstić information content (AvgIpc) is 3.08. The molecule has 1 saturated heterocycles. The number of halogens is 3. The molecule has 1 aromatic rings. The summed E-state index contributed by atoms with van der Waals surface area (Å²) >= 11 is 0. The van der Waals surface area contributed by atoms with Crippen LogP contribution in [0.1, 0.15) is 38.5 Å². The first-order valence-corrected chi connectivity index (χ1v) is 12.5. The largest absolute Gasteiger partial charge is 0.335 e. The van der Waals surface area contributed by atoms with Crippen LogP contribution in [-0.2, 0) is 19.4 Å². The summed E-state index contributed by atoms with van der Waals surface area (Å²) in [5, 5.41) is 2.17. The van der Waals surface area contributed by atoms with Crippen LogP contribution < -0.4 is 5.32 Å². The first kappa shape index (κ1) is 24.5. The van der Waals surface area contributed by atoms with E-state index in [1.165, 1.54) is 11.9 Å². The maximum atomic E-state index is 13.8. The van der Waals surface area contributed by atoms with Crippen molar-refractivity contribution in [3.63, 3.8) is 0 Å². The maximum Gasteiger partial charge on any atom is 0.238 e. The van der Waals surface area contributed by atoms with E-state index in [0.29, 0.717) is 12.5 Å². The van der Waals surface area contributed by atoms with E-state index in [1.807, 2.05) is 0 Å². The fourth-order valence-corrected chi connectivity index (χ4v) is 6.20. The Bertz CT molecular complexity index is 967. The van der Waals surface area contributed by atoms with Crippen molar-refractivity contribution in [2.45, 2.75) is 50.6 Å². The standard InChI is InChI=1S/C21H28F3N3O4S/c1-26(11-18(28)25-17-8-7-16(22)20(23)21(17)24)12-19(29)27(14-5-3-2-4-6-14)15-9-10-32(30,31)13-15/h7-8,14-15H,2-6,9-13H2,1H3,(H,25,28)/t15-/m0/s1. The number of nitrogens with zero attached hydrogens (tertiary/aromatic N) is 2. The molecular weight excluding hydrogens is 447 g/mol. The zero-order valence-corrected chi connectivity index (χ0v) is 18.8. The number of sulfone groups is 1. The number of carbonyl (C=O) groups is 2. The van der Waals surface area contributed by atoms with Gasteiger partial charge in [-0.15, -0.1) is 0 Å². The van der Waals surface area contributed by atoms with E-state index < -0.39 is 38.9 Å². The van der Waals surface area contributed by atoms with Crippen LogP contribution in [-0.4, -0.2) is 73.8 Å². The molecule has 0 unspecified atom stereocenters. The lowest BCUT2D eigenvalue weighted by Crippen LogP contribution is -2.52. The number of amides is 2. The summed E-state index contributed by atoms with van der Waals surface area (Å²) < 4.78 is 64.1. The zero-order valence-electron chi connectivity index (χ0n) is 18.0. The van der Waals surface area contributed by atoms with Gasteiger partial charge < -0.3 is 10.2 Å². The molecule has 2 amide bonds. The van der Waals surface area contributed by atoms with E-state index in [2.05, 4.69) is 5.32 Å². The Morgan fingerprint density at radius 1 is 1.00 bits per heavy atom. The van der Waals surface area contributed by atoms with Crippen LogP contribution in [0.3, 0.4) is 0 Å². The predicted octanol–water partition coefficient (Wildman–Crippen LogP) is 2.32. The first-order chi connectivity index (χ1) is 15.1. The second-order valence-electron chi connectivity index (χ2n) is 8.59. The van der Waals surface area contributed by atoms with Crippen LogP contribution in [0.25, 0.3) is 0 Å². The Balaban J connectivity index is 1.62. The van der Waals surface area contributed by atoms with Crippen molar-refractivity contribution >= 4 is 27.3 Å². The van der Waals surface area contributed by atoms with Crippen LogP contribution in [0.2, 0.25) is 0 Å². The smallest absolute Gasteiger partial charge is 0.238 e. The summed E-state index contributed by atoms with van der Waals surface area (Å²) in [6.45, 7) is -0.410. The lowest BCUT2D eigenvalue weighted by atomic mass is 9.93. The van der Waals surface area contributed by atoms with Crippen molar-refractivity contribution in [1.82, 2.24) is 9.80 Å².